The number of carbonyl (C=O) groups is 4. The number of aliphatic hydroxyl groups is 1. The molecule has 1 aliphatic heterocycles. The van der Waals surface area contributed by atoms with E-state index in [4.69, 9.17) is 18.9 Å². The van der Waals surface area contributed by atoms with Crippen molar-refractivity contribution >= 4 is 35.4 Å². The predicted octanol–water partition coefficient (Wildman–Crippen LogP) is 3.03. The summed E-state index contributed by atoms with van der Waals surface area (Å²) in [6.07, 6.45) is -2.28. The van der Waals surface area contributed by atoms with E-state index >= 15 is 0 Å². The molecule has 1 heterocycles. The van der Waals surface area contributed by atoms with Crippen molar-refractivity contribution in [1.82, 2.24) is 5.32 Å². The molecule has 0 aromatic heterocycles. The Hall–Kier alpha value is -3.51. The molecule has 2 aliphatic rings. The zero-order valence-electron chi connectivity index (χ0n) is 21.6. The Balaban J connectivity index is 1.68. The number of fused-ring (bicyclic) bond motifs is 1. The largest absolute Gasteiger partial charge is 0.455 e. The molecular weight excluding hydrogens is 526 g/mol. The Morgan fingerprint density at radius 3 is 2.41 bits per heavy atom. The first-order valence-electron chi connectivity index (χ1n) is 12.2. The average molecular weight is 556 g/mol. The van der Waals surface area contributed by atoms with Crippen molar-refractivity contribution in [2.75, 3.05) is 12.2 Å². The van der Waals surface area contributed by atoms with Crippen molar-refractivity contribution in [3.63, 3.8) is 0 Å². The third kappa shape index (κ3) is 6.06. The maximum atomic E-state index is 13.5. The molecule has 39 heavy (non-hydrogen) atoms. The lowest BCUT2D eigenvalue weighted by atomic mass is 9.75. The summed E-state index contributed by atoms with van der Waals surface area (Å²) in [7, 11) is 0. The number of Topliss-reactive ketones (excluding diaryl/α,β-unsaturated/α-hetero) is 1. The highest BCUT2D eigenvalue weighted by Crippen LogP contribution is 2.40. The number of allylic oxidation sites excluding steroid dienone is 1. The number of amides is 1. The molecule has 1 fully saturated rings. The van der Waals surface area contributed by atoms with Gasteiger partial charge in [-0.2, -0.15) is 0 Å². The highest BCUT2D eigenvalue weighted by Gasteiger charge is 2.58. The molecule has 0 radical (unpaired) electrons. The summed E-state index contributed by atoms with van der Waals surface area (Å²) in [5.74, 6) is -1.56. The molecule has 206 valence electrons. The maximum Gasteiger partial charge on any atom is 0.407 e. The Morgan fingerprint density at radius 2 is 1.74 bits per heavy atom. The second-order valence-electron chi connectivity index (χ2n) is 9.21. The van der Waals surface area contributed by atoms with Gasteiger partial charge in [-0.05, 0) is 24.8 Å². The number of hydrogen-bond acceptors (Lipinski definition) is 10. The van der Waals surface area contributed by atoms with Crippen molar-refractivity contribution in [1.29, 1.82) is 0 Å². The van der Waals surface area contributed by atoms with Crippen LogP contribution in [0.2, 0.25) is 0 Å². The van der Waals surface area contributed by atoms with Gasteiger partial charge in [-0.3, -0.25) is 14.4 Å². The van der Waals surface area contributed by atoms with Gasteiger partial charge >= 0.3 is 12.1 Å². The zero-order chi connectivity index (χ0) is 28.2. The molecule has 1 saturated heterocycles. The molecule has 5 atom stereocenters. The number of nitrogens with one attached hydrogen (secondary N) is 1. The fraction of sp³-hybridized carbons (Fsp3) is 0.357. The van der Waals surface area contributed by atoms with E-state index in [9.17, 15) is 24.3 Å². The number of carbonyl (C=O) groups excluding carboxylic acids is 4. The molecule has 4 rings (SSSR count). The molecule has 11 heteroatoms. The van der Waals surface area contributed by atoms with Crippen molar-refractivity contribution in [2.24, 2.45) is 0 Å². The summed E-state index contributed by atoms with van der Waals surface area (Å²) in [5, 5.41) is 14.2. The zero-order valence-corrected chi connectivity index (χ0v) is 22.4. The SMILES string of the molecule is CSCO[C@H]1O[C@@](C)(C2=CC(=O)c3ccccc3C2=O)[C@H](O)[C@H](NC(=O)OCc2ccccc2)[C@@H]1OC(C)=O. The first-order chi connectivity index (χ1) is 18.7. The minimum atomic E-state index is -1.84. The standard InChI is InChI=1S/C28H29NO9S/c1-16(30)37-24-22(29-27(34)35-14-17-9-5-4-6-10-17)25(33)28(2,38-26(24)36-15-39-3)20-13-21(31)18-11-7-8-12-19(18)23(20)32/h4-13,22,24-26,33H,14-15H2,1-3H3,(H,29,34)/t22-,24+,25-,26+,28+/m1/s1. The average Bonchev–Trinajstić information content (AvgIpc) is 2.93. The van der Waals surface area contributed by atoms with E-state index in [0.29, 0.717) is 0 Å². The number of aliphatic hydroxyl groups excluding tert-OH is 1. The lowest BCUT2D eigenvalue weighted by Crippen LogP contribution is -2.70. The van der Waals surface area contributed by atoms with Crippen LogP contribution in [0.1, 0.15) is 40.1 Å². The van der Waals surface area contributed by atoms with E-state index in [-0.39, 0.29) is 29.2 Å². The summed E-state index contributed by atoms with van der Waals surface area (Å²) in [6, 6.07) is 14.0. The summed E-state index contributed by atoms with van der Waals surface area (Å²) in [4.78, 5) is 51.3. The van der Waals surface area contributed by atoms with E-state index < -0.39 is 53.8 Å². The van der Waals surface area contributed by atoms with Crippen LogP contribution in [-0.2, 0) is 30.3 Å². The van der Waals surface area contributed by atoms with Crippen LogP contribution in [0.15, 0.2) is 66.2 Å². The van der Waals surface area contributed by atoms with Gasteiger partial charge in [-0.25, -0.2) is 4.79 Å². The van der Waals surface area contributed by atoms with Crippen LogP contribution in [0, 0.1) is 0 Å². The van der Waals surface area contributed by atoms with Crippen molar-refractivity contribution in [2.45, 2.75) is 50.6 Å². The van der Waals surface area contributed by atoms with E-state index in [0.717, 1.165) is 11.6 Å². The molecule has 0 spiro atoms. The molecule has 2 N–H and O–H groups in total. The molecule has 10 nitrogen and oxygen atoms in total. The number of rotatable bonds is 8. The second-order valence-corrected chi connectivity index (χ2v) is 10.0. The molecule has 0 saturated carbocycles. The normalized spacial score (nSPS) is 26.3. The fourth-order valence-corrected chi connectivity index (χ4v) is 4.89. The smallest absolute Gasteiger partial charge is 0.407 e. The Kier molecular flexibility index (Phi) is 8.86. The lowest BCUT2D eigenvalue weighted by Gasteiger charge is -2.50. The monoisotopic (exact) mass is 555 g/mol. The molecule has 1 amide bonds. The Bertz CT molecular complexity index is 1280. The third-order valence-electron chi connectivity index (χ3n) is 6.53. The minimum Gasteiger partial charge on any atom is -0.455 e. The summed E-state index contributed by atoms with van der Waals surface area (Å²) >= 11 is 1.31. The molecule has 2 aromatic carbocycles. The van der Waals surface area contributed by atoms with Crippen LogP contribution >= 0.6 is 11.8 Å². The van der Waals surface area contributed by atoms with E-state index in [2.05, 4.69) is 5.32 Å². The van der Waals surface area contributed by atoms with Crippen LogP contribution in [0.5, 0.6) is 0 Å². The van der Waals surface area contributed by atoms with Gasteiger partial charge in [0, 0.05) is 23.6 Å². The maximum absolute atomic E-state index is 13.5. The van der Waals surface area contributed by atoms with E-state index in [1.165, 1.54) is 37.7 Å². The quantitative estimate of drug-likeness (QED) is 0.369. The fourth-order valence-electron chi connectivity index (χ4n) is 4.62. The molecule has 2 aromatic rings. The van der Waals surface area contributed by atoms with Crippen molar-refractivity contribution in [3.8, 4) is 0 Å². The van der Waals surface area contributed by atoms with Crippen LogP contribution in [0.3, 0.4) is 0 Å². The topological polar surface area (TPSA) is 137 Å². The molecule has 0 bridgehead atoms. The van der Waals surface area contributed by atoms with Gasteiger partial charge in [0.15, 0.2) is 24.0 Å². The Morgan fingerprint density at radius 1 is 1.08 bits per heavy atom. The lowest BCUT2D eigenvalue weighted by molar-refractivity contribution is -0.293. The number of ketones is 2. The van der Waals surface area contributed by atoms with Crippen LogP contribution < -0.4 is 5.32 Å². The third-order valence-corrected chi connectivity index (χ3v) is 6.90. The van der Waals surface area contributed by atoms with Gasteiger partial charge in [0.25, 0.3) is 0 Å². The van der Waals surface area contributed by atoms with E-state index in [1.54, 1.807) is 42.7 Å². The number of esters is 1. The minimum absolute atomic E-state index is 0.0528. The second kappa shape index (κ2) is 12.1. The summed E-state index contributed by atoms with van der Waals surface area (Å²) in [5.41, 5.74) is -0.836. The Labute approximate surface area is 229 Å². The van der Waals surface area contributed by atoms with Crippen LogP contribution in [0.4, 0.5) is 4.79 Å². The molecular formula is C28H29NO9S. The van der Waals surface area contributed by atoms with Crippen LogP contribution in [-0.4, -0.2) is 71.1 Å². The van der Waals surface area contributed by atoms with Crippen LogP contribution in [0.25, 0.3) is 0 Å². The van der Waals surface area contributed by atoms with Gasteiger partial charge in [0.2, 0.25) is 0 Å². The van der Waals surface area contributed by atoms with Gasteiger partial charge in [-0.1, -0.05) is 54.6 Å². The first kappa shape index (κ1) is 28.5. The summed E-state index contributed by atoms with van der Waals surface area (Å²) < 4.78 is 22.7. The number of benzene rings is 2. The number of alkyl carbamates (subject to hydrolysis) is 1. The number of hydrogen-bond donors (Lipinski definition) is 2. The number of thioether (sulfide) groups is 1. The highest BCUT2D eigenvalue weighted by atomic mass is 32.2. The van der Waals surface area contributed by atoms with Crippen molar-refractivity contribution < 1.29 is 43.2 Å². The molecule has 1 aliphatic carbocycles. The van der Waals surface area contributed by atoms with Gasteiger partial charge in [-0.15, -0.1) is 11.8 Å². The van der Waals surface area contributed by atoms with Gasteiger partial charge in [0.1, 0.15) is 24.4 Å². The van der Waals surface area contributed by atoms with Gasteiger partial charge < -0.3 is 29.4 Å². The predicted molar refractivity (Wildman–Crippen MR) is 141 cm³/mol. The first-order valence-corrected chi connectivity index (χ1v) is 13.6. The highest BCUT2D eigenvalue weighted by molar-refractivity contribution is 7.98. The van der Waals surface area contributed by atoms with Crippen molar-refractivity contribution in [3.05, 3.63) is 82.9 Å². The summed E-state index contributed by atoms with van der Waals surface area (Å²) in [6.45, 7) is 2.54. The van der Waals surface area contributed by atoms with Gasteiger partial charge in [0.05, 0.1) is 5.94 Å². The van der Waals surface area contributed by atoms with E-state index in [1.807, 2.05) is 6.07 Å². The molecule has 0 unspecified atom stereocenters. The number of ether oxygens (including phenoxy) is 4.